The summed E-state index contributed by atoms with van der Waals surface area (Å²) in [5, 5.41) is 12.7. The molecule has 0 saturated heterocycles. The second-order valence-corrected chi connectivity index (χ2v) is 5.32. The van der Waals surface area contributed by atoms with Crippen LogP contribution in [0.2, 0.25) is 5.02 Å². The summed E-state index contributed by atoms with van der Waals surface area (Å²) in [6, 6.07) is 12.3. The summed E-state index contributed by atoms with van der Waals surface area (Å²) < 4.78 is 13.9. The number of aryl methyl sites for hydroxylation is 1. The fourth-order valence-electron chi connectivity index (χ4n) is 2.63. The van der Waals surface area contributed by atoms with Crippen molar-refractivity contribution in [3.63, 3.8) is 0 Å². The van der Waals surface area contributed by atoms with E-state index in [1.54, 1.807) is 12.1 Å². The predicted molar refractivity (Wildman–Crippen MR) is 77.3 cm³/mol. The van der Waals surface area contributed by atoms with E-state index in [9.17, 15) is 4.39 Å². The molecule has 0 radical (unpaired) electrons. The second kappa shape index (κ2) is 5.15. The first-order valence-corrected chi connectivity index (χ1v) is 6.79. The molecule has 1 aliphatic rings. The van der Waals surface area contributed by atoms with Crippen molar-refractivity contribution in [2.45, 2.75) is 18.9 Å². The first kappa shape index (κ1) is 13.0. The Balaban J connectivity index is 1.86. The van der Waals surface area contributed by atoms with Crippen molar-refractivity contribution in [2.75, 3.05) is 5.32 Å². The van der Waals surface area contributed by atoms with Gasteiger partial charge in [0, 0.05) is 5.02 Å². The molecule has 0 bridgehead atoms. The van der Waals surface area contributed by atoms with Gasteiger partial charge in [-0.25, -0.2) is 4.39 Å². The molecule has 0 amide bonds. The third-order valence-corrected chi connectivity index (χ3v) is 3.85. The van der Waals surface area contributed by atoms with Gasteiger partial charge in [0.2, 0.25) is 0 Å². The minimum atomic E-state index is -0.397. The SMILES string of the molecule is N#Cc1ccc(NC2CCc3cc(Cl)ccc32)c(F)c1. The molecule has 0 heterocycles. The van der Waals surface area contributed by atoms with Gasteiger partial charge < -0.3 is 5.32 Å². The number of nitriles is 1. The molecule has 4 heteroatoms. The number of rotatable bonds is 2. The number of nitrogens with one attached hydrogen (secondary N) is 1. The number of benzene rings is 2. The highest BCUT2D eigenvalue weighted by atomic mass is 35.5. The van der Waals surface area contributed by atoms with Crippen LogP contribution in [0.5, 0.6) is 0 Å². The van der Waals surface area contributed by atoms with E-state index in [4.69, 9.17) is 16.9 Å². The molecule has 1 aliphatic carbocycles. The van der Waals surface area contributed by atoms with Crippen molar-refractivity contribution in [1.29, 1.82) is 5.26 Å². The summed E-state index contributed by atoms with van der Waals surface area (Å²) in [4.78, 5) is 0. The van der Waals surface area contributed by atoms with Crippen molar-refractivity contribution in [3.8, 4) is 6.07 Å². The van der Waals surface area contributed by atoms with Gasteiger partial charge in [-0.1, -0.05) is 17.7 Å². The predicted octanol–water partition coefficient (Wildman–Crippen LogP) is 4.45. The number of fused-ring (bicyclic) bond motifs is 1. The summed E-state index contributed by atoms with van der Waals surface area (Å²) in [6.45, 7) is 0. The Morgan fingerprint density at radius 2 is 2.10 bits per heavy atom. The van der Waals surface area contributed by atoms with Gasteiger partial charge in [-0.05, 0) is 54.3 Å². The quantitative estimate of drug-likeness (QED) is 0.885. The van der Waals surface area contributed by atoms with Gasteiger partial charge in [-0.2, -0.15) is 5.26 Å². The van der Waals surface area contributed by atoms with Gasteiger partial charge in [0.05, 0.1) is 23.4 Å². The van der Waals surface area contributed by atoms with E-state index in [1.807, 2.05) is 24.3 Å². The molecule has 0 aromatic heterocycles. The zero-order valence-electron chi connectivity index (χ0n) is 10.7. The number of anilines is 1. The minimum absolute atomic E-state index is 0.0877. The van der Waals surface area contributed by atoms with E-state index >= 15 is 0 Å². The van der Waals surface area contributed by atoms with E-state index in [0.717, 1.165) is 23.4 Å². The highest BCUT2D eigenvalue weighted by molar-refractivity contribution is 6.30. The van der Waals surface area contributed by atoms with Crippen LogP contribution in [-0.4, -0.2) is 0 Å². The maximum absolute atomic E-state index is 13.9. The van der Waals surface area contributed by atoms with Crippen LogP contribution in [-0.2, 0) is 6.42 Å². The molecule has 0 spiro atoms. The van der Waals surface area contributed by atoms with E-state index < -0.39 is 5.82 Å². The molecule has 100 valence electrons. The Hall–Kier alpha value is -2.05. The molecule has 2 aromatic rings. The molecule has 2 aromatic carbocycles. The summed E-state index contributed by atoms with van der Waals surface area (Å²) in [7, 11) is 0. The first-order chi connectivity index (χ1) is 9.67. The van der Waals surface area contributed by atoms with Crippen LogP contribution < -0.4 is 5.32 Å². The average molecular weight is 287 g/mol. The fraction of sp³-hybridized carbons (Fsp3) is 0.188. The smallest absolute Gasteiger partial charge is 0.147 e. The topological polar surface area (TPSA) is 35.8 Å². The second-order valence-electron chi connectivity index (χ2n) is 4.89. The van der Waals surface area contributed by atoms with Crippen molar-refractivity contribution >= 4 is 17.3 Å². The Morgan fingerprint density at radius 3 is 2.85 bits per heavy atom. The molecule has 0 aliphatic heterocycles. The number of hydrogen-bond donors (Lipinski definition) is 1. The zero-order valence-corrected chi connectivity index (χ0v) is 11.4. The lowest BCUT2D eigenvalue weighted by atomic mass is 10.1. The van der Waals surface area contributed by atoms with Crippen LogP contribution in [0.25, 0.3) is 0 Å². The summed E-state index contributed by atoms with van der Waals surface area (Å²) in [6.07, 6.45) is 1.85. The Morgan fingerprint density at radius 1 is 1.25 bits per heavy atom. The fourth-order valence-corrected chi connectivity index (χ4v) is 2.82. The zero-order chi connectivity index (χ0) is 14.1. The lowest BCUT2D eigenvalue weighted by Gasteiger charge is -2.16. The van der Waals surface area contributed by atoms with Crippen LogP contribution in [0.1, 0.15) is 29.2 Å². The number of nitrogens with zero attached hydrogens (tertiary/aromatic N) is 1. The molecule has 1 N–H and O–H groups in total. The van der Waals surface area contributed by atoms with E-state index in [0.29, 0.717) is 11.3 Å². The molecular weight excluding hydrogens is 275 g/mol. The number of hydrogen-bond acceptors (Lipinski definition) is 2. The molecule has 0 fully saturated rings. The third-order valence-electron chi connectivity index (χ3n) is 3.61. The van der Waals surface area contributed by atoms with Crippen LogP contribution in [0.15, 0.2) is 36.4 Å². The van der Waals surface area contributed by atoms with Crippen LogP contribution in [0.4, 0.5) is 10.1 Å². The van der Waals surface area contributed by atoms with Crippen molar-refractivity contribution < 1.29 is 4.39 Å². The Labute approximate surface area is 121 Å². The molecular formula is C16H12ClFN2. The summed E-state index contributed by atoms with van der Waals surface area (Å²) >= 11 is 5.98. The van der Waals surface area contributed by atoms with Crippen molar-refractivity contribution in [3.05, 3.63) is 63.9 Å². The summed E-state index contributed by atoms with van der Waals surface area (Å²) in [5.74, 6) is -0.397. The molecule has 20 heavy (non-hydrogen) atoms. The Kier molecular flexibility index (Phi) is 3.33. The van der Waals surface area contributed by atoms with E-state index in [1.165, 1.54) is 11.6 Å². The summed E-state index contributed by atoms with van der Waals surface area (Å²) in [5.41, 5.74) is 3.13. The molecule has 2 nitrogen and oxygen atoms in total. The molecule has 1 atom stereocenters. The first-order valence-electron chi connectivity index (χ1n) is 6.42. The van der Waals surface area contributed by atoms with Crippen LogP contribution >= 0.6 is 11.6 Å². The maximum atomic E-state index is 13.9. The normalized spacial score (nSPS) is 16.6. The Bertz CT molecular complexity index is 706. The van der Waals surface area contributed by atoms with Gasteiger partial charge in [-0.3, -0.25) is 0 Å². The van der Waals surface area contributed by atoms with Gasteiger partial charge in [0.25, 0.3) is 0 Å². The third kappa shape index (κ3) is 2.35. The van der Waals surface area contributed by atoms with Crippen molar-refractivity contribution in [1.82, 2.24) is 0 Å². The van der Waals surface area contributed by atoms with Gasteiger partial charge in [-0.15, -0.1) is 0 Å². The standard InChI is InChI=1S/C16H12ClFN2/c17-12-3-4-13-11(8-12)2-6-15(13)20-16-5-1-10(9-19)7-14(16)18/h1,3-5,7-8,15,20H,2,6H2. The van der Waals surface area contributed by atoms with E-state index in [2.05, 4.69) is 5.32 Å². The molecule has 3 rings (SSSR count). The van der Waals surface area contributed by atoms with Crippen LogP contribution in [0, 0.1) is 17.1 Å². The lowest BCUT2D eigenvalue weighted by molar-refractivity contribution is 0.624. The highest BCUT2D eigenvalue weighted by Crippen LogP contribution is 2.35. The lowest BCUT2D eigenvalue weighted by Crippen LogP contribution is -2.08. The van der Waals surface area contributed by atoms with Gasteiger partial charge >= 0.3 is 0 Å². The van der Waals surface area contributed by atoms with Crippen LogP contribution in [0.3, 0.4) is 0 Å². The van der Waals surface area contributed by atoms with E-state index in [-0.39, 0.29) is 6.04 Å². The maximum Gasteiger partial charge on any atom is 0.147 e. The minimum Gasteiger partial charge on any atom is -0.376 e. The average Bonchev–Trinajstić information content (AvgIpc) is 2.83. The number of halogens is 2. The molecule has 0 saturated carbocycles. The molecule has 1 unspecified atom stereocenters. The monoisotopic (exact) mass is 286 g/mol. The van der Waals surface area contributed by atoms with Gasteiger partial charge in [0.1, 0.15) is 5.82 Å². The highest BCUT2D eigenvalue weighted by Gasteiger charge is 2.23. The largest absolute Gasteiger partial charge is 0.376 e. The van der Waals surface area contributed by atoms with Gasteiger partial charge in [0.15, 0.2) is 0 Å². The van der Waals surface area contributed by atoms with Crippen molar-refractivity contribution in [2.24, 2.45) is 0 Å².